The van der Waals surface area contributed by atoms with Crippen LogP contribution in [0.5, 0.6) is 11.5 Å². The van der Waals surface area contributed by atoms with Gasteiger partial charge in [0.1, 0.15) is 34.8 Å². The van der Waals surface area contributed by atoms with Crippen LogP contribution in [0.2, 0.25) is 0 Å². The Balaban J connectivity index is 2.73. The monoisotopic (exact) mass is 244 g/mol. The second-order valence-electron chi connectivity index (χ2n) is 3.97. The van der Waals surface area contributed by atoms with Gasteiger partial charge in [-0.05, 0) is 18.6 Å². The van der Waals surface area contributed by atoms with Crippen LogP contribution in [-0.4, -0.2) is 11.7 Å². The van der Waals surface area contributed by atoms with Gasteiger partial charge in [-0.1, -0.05) is 26.2 Å². The maximum absolute atomic E-state index is 9.46. The first-order valence-corrected chi connectivity index (χ1v) is 6.03. The highest BCUT2D eigenvalue weighted by Crippen LogP contribution is 2.28. The first-order valence-electron chi connectivity index (χ1n) is 6.03. The van der Waals surface area contributed by atoms with Crippen molar-refractivity contribution in [1.82, 2.24) is 0 Å². The topological polar surface area (TPSA) is 77.0 Å². The van der Waals surface area contributed by atoms with E-state index >= 15 is 0 Å². The lowest BCUT2D eigenvalue weighted by atomic mass is 10.1. The molecule has 1 aromatic carbocycles. The van der Waals surface area contributed by atoms with Crippen molar-refractivity contribution in [2.24, 2.45) is 0 Å². The minimum atomic E-state index is -0.188. The fourth-order valence-electron chi connectivity index (χ4n) is 1.63. The van der Waals surface area contributed by atoms with E-state index in [2.05, 4.69) is 6.92 Å². The third kappa shape index (κ3) is 3.40. The highest BCUT2D eigenvalue weighted by molar-refractivity contribution is 5.59. The molecule has 4 heteroatoms. The van der Waals surface area contributed by atoms with Crippen LogP contribution in [0, 0.1) is 22.7 Å². The lowest BCUT2D eigenvalue weighted by molar-refractivity contribution is 0.303. The van der Waals surface area contributed by atoms with Gasteiger partial charge in [0.25, 0.3) is 0 Å². The molecule has 0 bridgehead atoms. The Hall–Kier alpha value is -2.20. The van der Waals surface area contributed by atoms with E-state index in [0.717, 1.165) is 25.7 Å². The van der Waals surface area contributed by atoms with Crippen LogP contribution >= 0.6 is 0 Å². The number of phenols is 1. The number of phenolic OH excluding ortho intramolecular Hbond substituents is 1. The third-order valence-electron chi connectivity index (χ3n) is 2.62. The summed E-state index contributed by atoms with van der Waals surface area (Å²) in [5, 5.41) is 27.3. The maximum Gasteiger partial charge on any atom is 0.138 e. The van der Waals surface area contributed by atoms with Gasteiger partial charge >= 0.3 is 0 Å². The molecule has 0 amide bonds. The molecule has 0 aliphatic heterocycles. The largest absolute Gasteiger partial charge is 0.507 e. The molecule has 18 heavy (non-hydrogen) atoms. The van der Waals surface area contributed by atoms with E-state index in [1.165, 1.54) is 12.1 Å². The number of hydrogen-bond donors (Lipinski definition) is 1. The molecule has 0 unspecified atom stereocenters. The average Bonchev–Trinajstić information content (AvgIpc) is 2.39. The van der Waals surface area contributed by atoms with E-state index in [1.807, 2.05) is 12.1 Å². The van der Waals surface area contributed by atoms with Gasteiger partial charge in [-0.2, -0.15) is 10.5 Å². The number of nitriles is 2. The molecular weight excluding hydrogens is 228 g/mol. The lowest BCUT2D eigenvalue weighted by Gasteiger charge is -2.09. The van der Waals surface area contributed by atoms with Gasteiger partial charge in [-0.3, -0.25) is 0 Å². The minimum Gasteiger partial charge on any atom is -0.507 e. The molecule has 1 N–H and O–H groups in total. The van der Waals surface area contributed by atoms with E-state index in [4.69, 9.17) is 15.3 Å². The van der Waals surface area contributed by atoms with Crippen molar-refractivity contribution in [3.05, 3.63) is 23.3 Å². The van der Waals surface area contributed by atoms with Gasteiger partial charge < -0.3 is 9.84 Å². The van der Waals surface area contributed by atoms with Crippen LogP contribution in [0.25, 0.3) is 0 Å². The molecule has 0 saturated heterocycles. The quantitative estimate of drug-likeness (QED) is 0.780. The molecule has 0 fully saturated rings. The minimum absolute atomic E-state index is 0.0245. The Morgan fingerprint density at radius 3 is 2.44 bits per heavy atom. The number of nitrogens with zero attached hydrogens (tertiary/aromatic N) is 2. The van der Waals surface area contributed by atoms with Crippen molar-refractivity contribution in [2.45, 2.75) is 32.6 Å². The van der Waals surface area contributed by atoms with Gasteiger partial charge in [0.05, 0.1) is 6.61 Å². The molecule has 0 aliphatic carbocycles. The Kier molecular flexibility index (Phi) is 5.54. The molecule has 1 aromatic rings. The summed E-state index contributed by atoms with van der Waals surface area (Å²) in [5.41, 5.74) is 0.0801. The molecule has 0 atom stereocenters. The summed E-state index contributed by atoms with van der Waals surface area (Å²) < 4.78 is 5.49. The molecule has 4 nitrogen and oxygen atoms in total. The Bertz CT molecular complexity index is 484. The van der Waals surface area contributed by atoms with E-state index in [1.54, 1.807) is 0 Å². The standard InChI is InChI=1S/C14H16N2O2/c1-2-3-4-5-8-18-14-7-6-13(17)11(9-15)12(14)10-16/h6-7,17H,2-5,8H2,1H3. The molecule has 0 aromatic heterocycles. The first kappa shape index (κ1) is 13.9. The summed E-state index contributed by atoms with van der Waals surface area (Å²) in [6.07, 6.45) is 4.32. The normalized spacial score (nSPS) is 9.50. The Morgan fingerprint density at radius 1 is 1.11 bits per heavy atom. The average molecular weight is 244 g/mol. The summed E-state index contributed by atoms with van der Waals surface area (Å²) in [7, 11) is 0. The SMILES string of the molecule is CCCCCCOc1ccc(O)c(C#N)c1C#N. The van der Waals surface area contributed by atoms with Crippen molar-refractivity contribution in [3.8, 4) is 23.6 Å². The summed E-state index contributed by atoms with van der Waals surface area (Å²) in [4.78, 5) is 0. The van der Waals surface area contributed by atoms with Crippen molar-refractivity contribution >= 4 is 0 Å². The molecule has 0 radical (unpaired) electrons. The summed E-state index contributed by atoms with van der Waals surface area (Å²) in [6.45, 7) is 2.65. The van der Waals surface area contributed by atoms with Crippen molar-refractivity contribution in [1.29, 1.82) is 10.5 Å². The van der Waals surface area contributed by atoms with Crippen LogP contribution in [-0.2, 0) is 0 Å². The zero-order valence-electron chi connectivity index (χ0n) is 10.4. The van der Waals surface area contributed by atoms with Crippen molar-refractivity contribution in [2.75, 3.05) is 6.61 Å². The summed E-state index contributed by atoms with van der Waals surface area (Å²) in [6, 6.07) is 6.61. The number of hydrogen-bond acceptors (Lipinski definition) is 4. The molecular formula is C14H16N2O2. The lowest BCUT2D eigenvalue weighted by Crippen LogP contribution is -2.00. The summed E-state index contributed by atoms with van der Waals surface area (Å²) >= 11 is 0. The second-order valence-corrected chi connectivity index (χ2v) is 3.97. The highest BCUT2D eigenvalue weighted by atomic mass is 16.5. The van der Waals surface area contributed by atoms with Gasteiger partial charge in [0, 0.05) is 0 Å². The summed E-state index contributed by atoms with van der Waals surface area (Å²) in [5.74, 6) is 0.177. The molecule has 0 aliphatic rings. The predicted molar refractivity (Wildman–Crippen MR) is 67.2 cm³/mol. The number of aromatic hydroxyl groups is 1. The second kappa shape index (κ2) is 7.19. The van der Waals surface area contributed by atoms with Crippen molar-refractivity contribution in [3.63, 3.8) is 0 Å². The van der Waals surface area contributed by atoms with Crippen molar-refractivity contribution < 1.29 is 9.84 Å². The Morgan fingerprint density at radius 2 is 1.83 bits per heavy atom. The van der Waals surface area contributed by atoms with Gasteiger partial charge in [0.15, 0.2) is 0 Å². The number of rotatable bonds is 6. The van der Waals surface area contributed by atoms with E-state index in [-0.39, 0.29) is 16.9 Å². The van der Waals surface area contributed by atoms with Crippen LogP contribution in [0.4, 0.5) is 0 Å². The fraction of sp³-hybridized carbons (Fsp3) is 0.429. The molecule has 0 spiro atoms. The van der Waals surface area contributed by atoms with E-state index in [0.29, 0.717) is 12.4 Å². The molecule has 94 valence electrons. The maximum atomic E-state index is 9.46. The number of ether oxygens (including phenoxy) is 1. The number of unbranched alkanes of at least 4 members (excludes halogenated alkanes) is 3. The highest BCUT2D eigenvalue weighted by Gasteiger charge is 2.13. The zero-order valence-corrected chi connectivity index (χ0v) is 10.4. The molecule has 0 heterocycles. The van der Waals surface area contributed by atoms with Crippen LogP contribution < -0.4 is 4.74 Å². The molecule has 0 saturated carbocycles. The van der Waals surface area contributed by atoms with Gasteiger partial charge in [-0.15, -0.1) is 0 Å². The predicted octanol–water partition coefficient (Wildman–Crippen LogP) is 3.09. The zero-order chi connectivity index (χ0) is 13.4. The Labute approximate surface area is 107 Å². The van der Waals surface area contributed by atoms with Gasteiger partial charge in [0.2, 0.25) is 0 Å². The van der Waals surface area contributed by atoms with E-state index < -0.39 is 0 Å². The number of benzene rings is 1. The van der Waals surface area contributed by atoms with Crippen LogP contribution in [0.3, 0.4) is 0 Å². The van der Waals surface area contributed by atoms with Crippen LogP contribution in [0.1, 0.15) is 43.7 Å². The van der Waals surface area contributed by atoms with Gasteiger partial charge in [-0.25, -0.2) is 0 Å². The first-order chi connectivity index (χ1) is 8.74. The smallest absolute Gasteiger partial charge is 0.138 e. The fourth-order valence-corrected chi connectivity index (χ4v) is 1.63. The molecule has 1 rings (SSSR count). The third-order valence-corrected chi connectivity index (χ3v) is 2.62. The van der Waals surface area contributed by atoms with E-state index in [9.17, 15) is 5.11 Å². The van der Waals surface area contributed by atoms with Crippen LogP contribution in [0.15, 0.2) is 12.1 Å².